The van der Waals surface area contributed by atoms with E-state index in [0.717, 1.165) is 6.54 Å². The van der Waals surface area contributed by atoms with Crippen molar-refractivity contribution in [1.29, 1.82) is 0 Å². The van der Waals surface area contributed by atoms with Crippen LogP contribution in [0.25, 0.3) is 0 Å². The van der Waals surface area contributed by atoms with E-state index in [1.54, 1.807) is 0 Å². The van der Waals surface area contributed by atoms with E-state index in [1.807, 2.05) is 0 Å². The molecule has 0 atom stereocenters. The maximum Gasteiger partial charge on any atom is 0.0366 e. The first-order valence-electron chi connectivity index (χ1n) is 7.32. The summed E-state index contributed by atoms with van der Waals surface area (Å²) in [5.41, 5.74) is 2.87. The highest BCUT2D eigenvalue weighted by atomic mass is 15.2. The predicted octanol–water partition coefficient (Wildman–Crippen LogP) is 3.17. The molecular weight excluding hydrogens is 220 g/mol. The fraction of sp³-hybridized carbons (Fsp3) is 0.625. The van der Waals surface area contributed by atoms with Crippen molar-refractivity contribution in [3.05, 3.63) is 29.8 Å². The molecule has 0 radical (unpaired) electrons. The molecule has 1 aromatic carbocycles. The normalized spacial score (nSPS) is 17.8. The third-order valence-corrected chi connectivity index (χ3v) is 3.84. The minimum absolute atomic E-state index is 1.16. The smallest absolute Gasteiger partial charge is 0.0366 e. The van der Waals surface area contributed by atoms with Crippen molar-refractivity contribution < 1.29 is 0 Å². The average Bonchev–Trinajstić information content (AvgIpc) is 2.62. The van der Waals surface area contributed by atoms with Gasteiger partial charge in [-0.15, -0.1) is 0 Å². The second-order valence-electron chi connectivity index (χ2n) is 5.41. The number of nitrogens with zero attached hydrogens (tertiary/aromatic N) is 2. The van der Waals surface area contributed by atoms with Gasteiger partial charge in [0, 0.05) is 25.3 Å². The van der Waals surface area contributed by atoms with Gasteiger partial charge in [-0.1, -0.05) is 25.5 Å². The summed E-state index contributed by atoms with van der Waals surface area (Å²) in [6, 6.07) is 9.21. The van der Waals surface area contributed by atoms with Crippen LogP contribution in [0.2, 0.25) is 0 Å². The largest absolute Gasteiger partial charge is 0.370 e. The summed E-state index contributed by atoms with van der Waals surface area (Å²) in [6.07, 6.45) is 5.07. The van der Waals surface area contributed by atoms with Crippen molar-refractivity contribution in [1.82, 2.24) is 4.90 Å². The third kappa shape index (κ3) is 3.74. The molecule has 0 aromatic heterocycles. The Morgan fingerprint density at radius 2 is 1.78 bits per heavy atom. The van der Waals surface area contributed by atoms with E-state index in [2.05, 4.69) is 48.0 Å². The van der Waals surface area contributed by atoms with Crippen LogP contribution in [-0.2, 0) is 6.42 Å². The number of hydrogen-bond acceptors (Lipinski definition) is 2. The minimum Gasteiger partial charge on any atom is -0.370 e. The monoisotopic (exact) mass is 246 g/mol. The zero-order chi connectivity index (χ0) is 12.8. The zero-order valence-corrected chi connectivity index (χ0v) is 11.9. The highest BCUT2D eigenvalue weighted by Gasteiger charge is 2.12. The quantitative estimate of drug-likeness (QED) is 0.805. The Hall–Kier alpha value is -1.02. The van der Waals surface area contributed by atoms with Crippen LogP contribution >= 0.6 is 0 Å². The molecule has 0 spiro atoms. The highest BCUT2D eigenvalue weighted by molar-refractivity contribution is 5.47. The molecule has 0 N–H and O–H groups in total. The molecule has 1 saturated heterocycles. The predicted molar refractivity (Wildman–Crippen MR) is 79.4 cm³/mol. The first-order chi connectivity index (χ1) is 8.79. The van der Waals surface area contributed by atoms with Crippen molar-refractivity contribution in [2.75, 3.05) is 38.1 Å². The molecule has 1 fully saturated rings. The Morgan fingerprint density at radius 3 is 2.50 bits per heavy atom. The molecule has 2 heteroatoms. The van der Waals surface area contributed by atoms with Crippen LogP contribution in [0.4, 0.5) is 5.69 Å². The van der Waals surface area contributed by atoms with Crippen molar-refractivity contribution in [2.45, 2.75) is 32.6 Å². The summed E-state index contributed by atoms with van der Waals surface area (Å²) in [6.45, 7) is 7.01. The Bertz CT molecular complexity index is 345. The Kier molecular flexibility index (Phi) is 5.06. The van der Waals surface area contributed by atoms with E-state index in [-0.39, 0.29) is 0 Å². The molecule has 1 aliphatic rings. The second kappa shape index (κ2) is 6.79. The van der Waals surface area contributed by atoms with E-state index in [0.29, 0.717) is 0 Å². The Labute approximate surface area is 112 Å². The molecule has 0 amide bonds. The molecule has 2 rings (SSSR count). The van der Waals surface area contributed by atoms with Crippen LogP contribution in [0.5, 0.6) is 0 Å². The van der Waals surface area contributed by atoms with Crippen LogP contribution < -0.4 is 4.90 Å². The first kappa shape index (κ1) is 13.4. The fourth-order valence-corrected chi connectivity index (χ4v) is 2.56. The van der Waals surface area contributed by atoms with Crippen molar-refractivity contribution in [2.24, 2.45) is 0 Å². The lowest BCUT2D eigenvalue weighted by molar-refractivity contribution is 0.360. The number of anilines is 1. The summed E-state index contributed by atoms with van der Waals surface area (Å²) < 4.78 is 0. The first-order valence-corrected chi connectivity index (χ1v) is 7.32. The van der Waals surface area contributed by atoms with Crippen molar-refractivity contribution in [3.63, 3.8) is 0 Å². The third-order valence-electron chi connectivity index (χ3n) is 3.84. The van der Waals surface area contributed by atoms with Gasteiger partial charge >= 0.3 is 0 Å². The van der Waals surface area contributed by atoms with Crippen LogP contribution in [-0.4, -0.2) is 38.1 Å². The summed E-state index contributed by atoms with van der Waals surface area (Å²) in [5, 5.41) is 0. The van der Waals surface area contributed by atoms with Gasteiger partial charge < -0.3 is 9.80 Å². The molecule has 1 aromatic rings. The molecular formula is C16H26N2. The molecule has 0 bridgehead atoms. The van der Waals surface area contributed by atoms with Gasteiger partial charge in [-0.2, -0.15) is 0 Å². The minimum atomic E-state index is 1.16. The van der Waals surface area contributed by atoms with Gasteiger partial charge in [-0.25, -0.2) is 0 Å². The molecule has 2 nitrogen and oxygen atoms in total. The number of benzene rings is 1. The summed E-state index contributed by atoms with van der Waals surface area (Å²) in [5.74, 6) is 0. The summed E-state index contributed by atoms with van der Waals surface area (Å²) in [7, 11) is 2.22. The SMILES string of the molecule is CCCCc1ccc(N2CCCN(C)CC2)cc1. The molecule has 0 unspecified atom stereocenters. The number of aryl methyl sites for hydroxylation is 1. The number of rotatable bonds is 4. The van der Waals surface area contributed by atoms with Crippen LogP contribution in [0, 0.1) is 0 Å². The van der Waals surface area contributed by atoms with E-state index in [9.17, 15) is 0 Å². The maximum atomic E-state index is 2.52. The van der Waals surface area contributed by atoms with Gasteiger partial charge in [-0.3, -0.25) is 0 Å². The standard InChI is InChI=1S/C16H26N2/c1-3-4-6-15-7-9-16(10-8-15)18-12-5-11-17(2)13-14-18/h7-10H,3-6,11-14H2,1-2H3. The van der Waals surface area contributed by atoms with Gasteiger partial charge in [0.15, 0.2) is 0 Å². The van der Waals surface area contributed by atoms with Gasteiger partial charge in [-0.05, 0) is 50.6 Å². The van der Waals surface area contributed by atoms with Gasteiger partial charge in [0.2, 0.25) is 0 Å². The van der Waals surface area contributed by atoms with E-state index >= 15 is 0 Å². The summed E-state index contributed by atoms with van der Waals surface area (Å²) in [4.78, 5) is 4.95. The molecule has 18 heavy (non-hydrogen) atoms. The van der Waals surface area contributed by atoms with Crippen molar-refractivity contribution >= 4 is 5.69 Å². The highest BCUT2D eigenvalue weighted by Crippen LogP contribution is 2.18. The molecule has 0 saturated carbocycles. The second-order valence-corrected chi connectivity index (χ2v) is 5.41. The number of hydrogen-bond donors (Lipinski definition) is 0. The van der Waals surface area contributed by atoms with E-state index in [4.69, 9.17) is 0 Å². The van der Waals surface area contributed by atoms with Crippen LogP contribution in [0.15, 0.2) is 24.3 Å². The number of unbranched alkanes of at least 4 members (excludes halogenated alkanes) is 1. The molecule has 0 aliphatic carbocycles. The molecule has 1 heterocycles. The Morgan fingerprint density at radius 1 is 1.00 bits per heavy atom. The van der Waals surface area contributed by atoms with E-state index < -0.39 is 0 Å². The number of likely N-dealkylation sites (N-methyl/N-ethyl adjacent to an activating group) is 1. The fourth-order valence-electron chi connectivity index (χ4n) is 2.56. The zero-order valence-electron chi connectivity index (χ0n) is 11.9. The molecule has 1 aliphatic heterocycles. The van der Waals surface area contributed by atoms with E-state index in [1.165, 1.54) is 56.6 Å². The summed E-state index contributed by atoms with van der Waals surface area (Å²) >= 11 is 0. The lowest BCUT2D eigenvalue weighted by atomic mass is 10.1. The van der Waals surface area contributed by atoms with Crippen LogP contribution in [0.1, 0.15) is 31.7 Å². The van der Waals surface area contributed by atoms with Crippen molar-refractivity contribution in [3.8, 4) is 0 Å². The lowest BCUT2D eigenvalue weighted by Gasteiger charge is -2.23. The molecule has 100 valence electrons. The average molecular weight is 246 g/mol. The van der Waals surface area contributed by atoms with Gasteiger partial charge in [0.05, 0.1) is 0 Å². The topological polar surface area (TPSA) is 6.48 Å². The Balaban J connectivity index is 1.95. The van der Waals surface area contributed by atoms with Gasteiger partial charge in [0.1, 0.15) is 0 Å². The van der Waals surface area contributed by atoms with Gasteiger partial charge in [0.25, 0.3) is 0 Å². The lowest BCUT2D eigenvalue weighted by Crippen LogP contribution is -2.28. The van der Waals surface area contributed by atoms with Crippen LogP contribution in [0.3, 0.4) is 0 Å². The maximum absolute atomic E-state index is 2.52.